The third-order valence-corrected chi connectivity index (χ3v) is 11.5. The molecule has 0 saturated heterocycles. The lowest BCUT2D eigenvalue weighted by atomic mass is 10.0. The highest BCUT2D eigenvalue weighted by Crippen LogP contribution is 2.43. The van der Waals surface area contributed by atoms with Gasteiger partial charge in [0.25, 0.3) is 0 Å². The normalized spacial score (nSPS) is 14.7. The van der Waals surface area contributed by atoms with E-state index in [4.69, 9.17) is 9.05 Å². The molecule has 9 heteroatoms. The largest absolute Gasteiger partial charge is 0.472 e. The fraction of sp³-hybridized carbons (Fsp3) is 0.816. The molecule has 0 heterocycles. The Kier molecular flexibility index (Phi) is 39.8. The van der Waals surface area contributed by atoms with Gasteiger partial charge < -0.3 is 19.8 Å². The van der Waals surface area contributed by atoms with Gasteiger partial charge in [0, 0.05) is 6.42 Å². The molecule has 0 spiro atoms. The second kappa shape index (κ2) is 40.8. The van der Waals surface area contributed by atoms with Crippen LogP contribution in [0.15, 0.2) is 48.6 Å². The molecule has 0 bridgehead atoms. The van der Waals surface area contributed by atoms with E-state index in [-0.39, 0.29) is 19.1 Å². The summed E-state index contributed by atoms with van der Waals surface area (Å²) >= 11 is 0. The van der Waals surface area contributed by atoms with E-state index < -0.39 is 20.0 Å². The number of aliphatic hydroxyl groups excluding tert-OH is 1. The van der Waals surface area contributed by atoms with Crippen LogP contribution in [0, 0.1) is 0 Å². The average Bonchev–Trinajstić information content (AvgIpc) is 3.17. The predicted octanol–water partition coefficient (Wildman–Crippen LogP) is 13.6. The summed E-state index contributed by atoms with van der Waals surface area (Å²) in [6.45, 7) is 4.79. The van der Waals surface area contributed by atoms with Crippen LogP contribution in [0.1, 0.15) is 206 Å². The summed E-state index contributed by atoms with van der Waals surface area (Å²) in [6, 6.07) is -0.850. The number of phosphoric ester groups is 1. The molecule has 0 aromatic rings. The minimum atomic E-state index is -4.34. The van der Waals surface area contributed by atoms with Crippen LogP contribution in [0.4, 0.5) is 0 Å². The molecule has 0 saturated carbocycles. The molecule has 3 unspecified atom stereocenters. The second-order valence-corrected chi connectivity index (χ2v) is 18.9. The van der Waals surface area contributed by atoms with Crippen LogP contribution in [0.3, 0.4) is 0 Å². The summed E-state index contributed by atoms with van der Waals surface area (Å²) in [5, 5.41) is 13.8. The first-order valence-electron chi connectivity index (χ1n) is 24.0. The lowest BCUT2D eigenvalue weighted by Crippen LogP contribution is -2.45. The van der Waals surface area contributed by atoms with Crippen molar-refractivity contribution in [1.82, 2.24) is 5.32 Å². The van der Waals surface area contributed by atoms with Gasteiger partial charge in [0.05, 0.1) is 39.9 Å². The summed E-state index contributed by atoms with van der Waals surface area (Å²) in [5.74, 6) is -0.186. The molecule has 0 rings (SSSR count). The van der Waals surface area contributed by atoms with Gasteiger partial charge in [0.1, 0.15) is 13.2 Å². The molecule has 0 radical (unpaired) electrons. The lowest BCUT2D eigenvalue weighted by Gasteiger charge is -2.25. The standard InChI is InChI=1S/C49H93N2O6P/c1-6-8-10-12-14-16-18-20-21-22-23-24-25-26-27-28-29-31-33-35-37-39-41-43-49(53)50-47(46-57-58(54,55)56-45-44-51(3,4)5)48(52)42-40-38-36-34-32-30-19-17-15-13-11-9-7-2/h18,20,22-23,25-26,40,42,47-48,52H,6-17,19,21,24,27-39,41,43-46H2,1-5H3,(H-,50,53,54,55)/p+1/b20-18-,23-22-,26-25-,42-40+. The first kappa shape index (κ1) is 56.5. The maximum absolute atomic E-state index is 12.9. The quantitative estimate of drug-likeness (QED) is 0.0244. The minimum absolute atomic E-state index is 0.0586. The van der Waals surface area contributed by atoms with Crippen molar-refractivity contribution in [3.8, 4) is 0 Å². The van der Waals surface area contributed by atoms with Gasteiger partial charge in [0.15, 0.2) is 0 Å². The van der Waals surface area contributed by atoms with Crippen LogP contribution in [-0.4, -0.2) is 73.4 Å². The molecule has 0 aliphatic carbocycles. The van der Waals surface area contributed by atoms with Crippen LogP contribution in [0.5, 0.6) is 0 Å². The van der Waals surface area contributed by atoms with Crippen molar-refractivity contribution in [3.05, 3.63) is 48.6 Å². The Hall–Kier alpha value is -1.54. The molecule has 3 N–H and O–H groups in total. The molecule has 0 fully saturated rings. The number of rotatable bonds is 43. The number of likely N-dealkylation sites (N-methyl/N-ethyl adjacent to an activating group) is 1. The number of unbranched alkanes of at least 4 members (excludes halogenated alkanes) is 24. The molecule has 0 aromatic carbocycles. The Morgan fingerprint density at radius 2 is 0.983 bits per heavy atom. The van der Waals surface area contributed by atoms with Crippen molar-refractivity contribution >= 4 is 13.7 Å². The minimum Gasteiger partial charge on any atom is -0.387 e. The van der Waals surface area contributed by atoms with Crippen molar-refractivity contribution in [3.63, 3.8) is 0 Å². The first-order chi connectivity index (χ1) is 28.0. The van der Waals surface area contributed by atoms with Gasteiger partial charge in [-0.25, -0.2) is 4.57 Å². The van der Waals surface area contributed by atoms with Gasteiger partial charge in [-0.1, -0.05) is 191 Å². The highest BCUT2D eigenvalue weighted by atomic mass is 31.2. The van der Waals surface area contributed by atoms with Crippen LogP contribution in [0.25, 0.3) is 0 Å². The van der Waals surface area contributed by atoms with Crippen LogP contribution >= 0.6 is 7.82 Å². The zero-order valence-electron chi connectivity index (χ0n) is 38.5. The van der Waals surface area contributed by atoms with E-state index in [1.54, 1.807) is 6.08 Å². The van der Waals surface area contributed by atoms with Crippen LogP contribution in [0.2, 0.25) is 0 Å². The molecular weight excluding hydrogens is 744 g/mol. The van der Waals surface area contributed by atoms with E-state index in [0.29, 0.717) is 17.4 Å². The monoisotopic (exact) mass is 838 g/mol. The van der Waals surface area contributed by atoms with E-state index in [1.165, 1.54) is 128 Å². The Bertz CT molecular complexity index is 1090. The predicted molar refractivity (Wildman–Crippen MR) is 249 cm³/mol. The number of amides is 1. The molecule has 8 nitrogen and oxygen atoms in total. The summed E-state index contributed by atoms with van der Waals surface area (Å²) in [7, 11) is 1.56. The maximum atomic E-state index is 12.9. The van der Waals surface area contributed by atoms with Gasteiger partial charge in [-0.3, -0.25) is 13.8 Å². The highest BCUT2D eigenvalue weighted by molar-refractivity contribution is 7.47. The van der Waals surface area contributed by atoms with Gasteiger partial charge in [-0.05, 0) is 57.8 Å². The summed E-state index contributed by atoms with van der Waals surface area (Å²) in [5.41, 5.74) is 0. The molecule has 1 amide bonds. The number of quaternary nitrogens is 1. The average molecular weight is 838 g/mol. The highest BCUT2D eigenvalue weighted by Gasteiger charge is 2.27. The molecule has 3 atom stereocenters. The lowest BCUT2D eigenvalue weighted by molar-refractivity contribution is -0.870. The number of phosphoric acid groups is 1. The molecule has 58 heavy (non-hydrogen) atoms. The summed E-state index contributed by atoms with van der Waals surface area (Å²) in [4.78, 5) is 23.1. The smallest absolute Gasteiger partial charge is 0.387 e. The zero-order valence-corrected chi connectivity index (χ0v) is 39.4. The fourth-order valence-electron chi connectivity index (χ4n) is 6.69. The third-order valence-electron chi connectivity index (χ3n) is 10.5. The Morgan fingerprint density at radius 3 is 1.43 bits per heavy atom. The molecule has 340 valence electrons. The van der Waals surface area contributed by atoms with E-state index >= 15 is 0 Å². The summed E-state index contributed by atoms with van der Waals surface area (Å²) < 4.78 is 23.6. The zero-order chi connectivity index (χ0) is 42.8. The molecule has 0 aromatic heterocycles. The maximum Gasteiger partial charge on any atom is 0.472 e. The van der Waals surface area contributed by atoms with Crippen molar-refractivity contribution in [2.45, 2.75) is 219 Å². The molecular formula is C49H94N2O6P+. The van der Waals surface area contributed by atoms with Crippen molar-refractivity contribution < 1.29 is 32.9 Å². The number of carbonyl (C=O) groups excluding carboxylic acids is 1. The van der Waals surface area contributed by atoms with Crippen molar-refractivity contribution in [2.75, 3.05) is 40.9 Å². The number of nitrogens with zero attached hydrogens (tertiary/aromatic N) is 1. The topological polar surface area (TPSA) is 105 Å². The van der Waals surface area contributed by atoms with Crippen molar-refractivity contribution in [2.24, 2.45) is 0 Å². The number of aliphatic hydroxyl groups is 1. The van der Waals surface area contributed by atoms with Gasteiger partial charge in [0.2, 0.25) is 5.91 Å². The first-order valence-corrected chi connectivity index (χ1v) is 25.5. The second-order valence-electron chi connectivity index (χ2n) is 17.5. The van der Waals surface area contributed by atoms with Crippen molar-refractivity contribution in [1.29, 1.82) is 0 Å². The fourth-order valence-corrected chi connectivity index (χ4v) is 7.43. The van der Waals surface area contributed by atoms with E-state index in [2.05, 4.69) is 55.6 Å². The number of nitrogens with one attached hydrogen (secondary N) is 1. The Balaban J connectivity index is 4.33. The van der Waals surface area contributed by atoms with E-state index in [9.17, 15) is 19.4 Å². The van der Waals surface area contributed by atoms with Gasteiger partial charge >= 0.3 is 7.82 Å². The number of allylic oxidation sites excluding steroid dienone is 7. The third kappa shape index (κ3) is 42.6. The Morgan fingerprint density at radius 1 is 0.586 bits per heavy atom. The summed E-state index contributed by atoms with van der Waals surface area (Å²) in [6.07, 6.45) is 51.8. The van der Waals surface area contributed by atoms with Gasteiger partial charge in [-0.15, -0.1) is 0 Å². The van der Waals surface area contributed by atoms with E-state index in [1.807, 2.05) is 27.2 Å². The number of hydrogen-bond acceptors (Lipinski definition) is 5. The SMILES string of the molecule is CCCCCCC/C=C\C/C=C\C/C=C\CCCCCCCCCCC(=O)NC(COP(=O)(O)OCC[N+](C)(C)C)C(O)/C=C/CCCCCCCCCCCCC. The van der Waals surface area contributed by atoms with Crippen LogP contribution < -0.4 is 5.32 Å². The van der Waals surface area contributed by atoms with Gasteiger partial charge in [-0.2, -0.15) is 0 Å². The van der Waals surface area contributed by atoms with E-state index in [0.717, 1.165) is 57.8 Å². The number of hydrogen-bond donors (Lipinski definition) is 3. The molecule has 0 aliphatic rings. The van der Waals surface area contributed by atoms with Crippen LogP contribution in [-0.2, 0) is 18.4 Å². The Labute approximate surface area is 359 Å². The number of carbonyl (C=O) groups is 1. The molecule has 0 aliphatic heterocycles.